The molecule has 0 saturated carbocycles. The minimum Gasteiger partial charge on any atom is -0.258 e. The number of benzene rings is 2. The van der Waals surface area contributed by atoms with Crippen molar-refractivity contribution < 1.29 is 9.85 Å². The molecule has 0 fully saturated rings. The van der Waals surface area contributed by atoms with Gasteiger partial charge in [-0.1, -0.05) is 36.4 Å². The Hall–Kier alpha value is -1.38. The topological polar surface area (TPSA) is 86.3 Å². The van der Waals surface area contributed by atoms with Gasteiger partial charge in [-0.25, -0.2) is 0 Å². The molecule has 1 radical (unpaired) electrons. The summed E-state index contributed by atoms with van der Waals surface area (Å²) in [6.45, 7) is 0. The van der Waals surface area contributed by atoms with E-state index in [1.54, 1.807) is 36.4 Å². The van der Waals surface area contributed by atoms with Gasteiger partial charge in [0, 0.05) is 51.4 Å². The van der Waals surface area contributed by atoms with Crippen molar-refractivity contribution in [2.75, 3.05) is 0 Å². The average molecular weight is 309 g/mol. The summed E-state index contributed by atoms with van der Waals surface area (Å²) in [6.07, 6.45) is 0. The molecule has 0 bridgehead atoms. The van der Waals surface area contributed by atoms with E-state index < -0.39 is 21.2 Å². The summed E-state index contributed by atoms with van der Waals surface area (Å²) in [5, 5.41) is 22.5. The van der Waals surface area contributed by atoms with E-state index in [0.29, 0.717) is 0 Å². The molecule has 0 atom stereocenters. The largest absolute Gasteiger partial charge is 0.353 e. The van der Waals surface area contributed by atoms with Crippen molar-refractivity contribution in [1.82, 2.24) is 0 Å². The molecule has 0 unspecified atom stereocenters. The first-order valence-electron chi connectivity index (χ1n) is 5.75. The Morgan fingerprint density at radius 1 is 0.667 bits per heavy atom. The molecule has 0 spiro atoms. The summed E-state index contributed by atoms with van der Waals surface area (Å²) in [7, 11) is 0. The standard InChI is InChI=1S/C14H10N2O4.K/c17-15(18)13(11-7-3-1-4-8-11)14(16(19)20)12-9-5-2-6-10-12;/h1-10H;. The van der Waals surface area contributed by atoms with Crippen LogP contribution >= 0.6 is 0 Å². The first kappa shape index (κ1) is 17.7. The van der Waals surface area contributed by atoms with Gasteiger partial charge < -0.3 is 0 Å². The molecule has 2 aromatic carbocycles. The molecule has 2 rings (SSSR count). The molecule has 0 heterocycles. The second-order valence-electron chi connectivity index (χ2n) is 3.94. The molecular weight excluding hydrogens is 299 g/mol. The van der Waals surface area contributed by atoms with Gasteiger partial charge in [0.1, 0.15) is 0 Å². The van der Waals surface area contributed by atoms with Crippen molar-refractivity contribution in [2.45, 2.75) is 0 Å². The van der Waals surface area contributed by atoms with E-state index >= 15 is 0 Å². The fourth-order valence-electron chi connectivity index (χ4n) is 1.85. The van der Waals surface area contributed by atoms with E-state index in [0.717, 1.165) is 0 Å². The molecule has 7 heteroatoms. The van der Waals surface area contributed by atoms with Gasteiger partial charge in [-0.2, -0.15) is 0 Å². The van der Waals surface area contributed by atoms with E-state index in [2.05, 4.69) is 0 Å². The molecule has 0 saturated heterocycles. The maximum absolute atomic E-state index is 11.3. The predicted molar refractivity (Wildman–Crippen MR) is 79.4 cm³/mol. The maximum Gasteiger partial charge on any atom is 0.353 e. The van der Waals surface area contributed by atoms with Crippen LogP contribution in [0.1, 0.15) is 11.1 Å². The van der Waals surface area contributed by atoms with Crippen LogP contribution in [0.25, 0.3) is 11.4 Å². The van der Waals surface area contributed by atoms with Gasteiger partial charge in [0.2, 0.25) is 0 Å². The summed E-state index contributed by atoms with van der Waals surface area (Å²) in [5.74, 6) is 0. The smallest absolute Gasteiger partial charge is 0.258 e. The summed E-state index contributed by atoms with van der Waals surface area (Å²) < 4.78 is 0. The zero-order valence-corrected chi connectivity index (χ0v) is 14.4. The van der Waals surface area contributed by atoms with Crippen LogP contribution in [-0.4, -0.2) is 61.2 Å². The maximum atomic E-state index is 11.3. The molecule has 21 heavy (non-hydrogen) atoms. The molecule has 0 aliphatic carbocycles. The van der Waals surface area contributed by atoms with E-state index in [1.807, 2.05) is 0 Å². The average Bonchev–Trinajstić information content (AvgIpc) is 2.45. The van der Waals surface area contributed by atoms with Crippen molar-refractivity contribution in [2.24, 2.45) is 0 Å². The minimum absolute atomic E-state index is 0. The Morgan fingerprint density at radius 3 is 1.19 bits per heavy atom. The molecule has 2 aromatic rings. The van der Waals surface area contributed by atoms with Crippen LogP contribution in [0, 0.1) is 20.2 Å². The van der Waals surface area contributed by atoms with Gasteiger partial charge in [0.05, 0.1) is 21.0 Å². The van der Waals surface area contributed by atoms with Gasteiger partial charge in [0.25, 0.3) is 0 Å². The van der Waals surface area contributed by atoms with E-state index in [9.17, 15) is 20.2 Å². The van der Waals surface area contributed by atoms with Crippen LogP contribution in [0.5, 0.6) is 0 Å². The first-order valence-corrected chi connectivity index (χ1v) is 5.75. The van der Waals surface area contributed by atoms with Crippen molar-refractivity contribution in [3.63, 3.8) is 0 Å². The number of nitro groups is 2. The fourth-order valence-corrected chi connectivity index (χ4v) is 1.85. The Labute approximate surface area is 163 Å². The van der Waals surface area contributed by atoms with Gasteiger partial charge in [-0.05, 0) is 24.3 Å². The number of hydrogen-bond donors (Lipinski definition) is 0. The van der Waals surface area contributed by atoms with E-state index in [-0.39, 0.29) is 62.5 Å². The van der Waals surface area contributed by atoms with Crippen molar-refractivity contribution in [3.05, 3.63) is 92.0 Å². The van der Waals surface area contributed by atoms with Crippen LogP contribution in [-0.2, 0) is 0 Å². The van der Waals surface area contributed by atoms with Gasteiger partial charge in [0.15, 0.2) is 0 Å². The van der Waals surface area contributed by atoms with Crippen LogP contribution in [0.4, 0.5) is 0 Å². The van der Waals surface area contributed by atoms with Gasteiger partial charge in [-0.3, -0.25) is 20.2 Å². The summed E-state index contributed by atoms with van der Waals surface area (Å²) in [5.41, 5.74) is -0.621. The predicted octanol–water partition coefficient (Wildman–Crippen LogP) is 2.69. The number of rotatable bonds is 4. The molecule has 6 nitrogen and oxygen atoms in total. The first-order chi connectivity index (χ1) is 9.61. The minimum atomic E-state index is -0.722. The quantitative estimate of drug-likeness (QED) is 0.376. The zero-order valence-electron chi connectivity index (χ0n) is 11.3. The molecule has 0 aliphatic rings. The SMILES string of the molecule is O=[N+]([O-])C(=C(c1ccccc1)[N+](=O)[O-])c1ccccc1.[K]. The third-order valence-electron chi connectivity index (χ3n) is 2.68. The van der Waals surface area contributed by atoms with Gasteiger partial charge >= 0.3 is 11.4 Å². The molecule has 0 amide bonds. The Kier molecular flexibility index (Phi) is 6.86. The van der Waals surface area contributed by atoms with Crippen LogP contribution < -0.4 is 0 Å². The van der Waals surface area contributed by atoms with E-state index in [4.69, 9.17) is 0 Å². The second kappa shape index (κ2) is 8.16. The molecule has 101 valence electrons. The third kappa shape index (κ3) is 4.29. The molecule has 0 N–H and O–H groups in total. The molecule has 0 aromatic heterocycles. The van der Waals surface area contributed by atoms with E-state index in [1.165, 1.54) is 24.3 Å². The third-order valence-corrected chi connectivity index (χ3v) is 2.68. The summed E-state index contributed by atoms with van der Waals surface area (Å²) >= 11 is 0. The van der Waals surface area contributed by atoms with Crippen molar-refractivity contribution in [3.8, 4) is 0 Å². The van der Waals surface area contributed by atoms with Gasteiger partial charge in [-0.15, -0.1) is 0 Å². The normalized spacial score (nSPS) is 11.0. The Bertz CT molecular complexity index is 612. The second-order valence-corrected chi connectivity index (χ2v) is 3.94. The number of hydrogen-bond acceptors (Lipinski definition) is 4. The van der Waals surface area contributed by atoms with Crippen LogP contribution in [0.2, 0.25) is 0 Å². The fraction of sp³-hybridized carbons (Fsp3) is 0. The van der Waals surface area contributed by atoms with Crippen molar-refractivity contribution in [1.29, 1.82) is 0 Å². The number of nitrogens with zero attached hydrogens (tertiary/aromatic N) is 2. The van der Waals surface area contributed by atoms with Crippen LogP contribution in [0.15, 0.2) is 60.7 Å². The zero-order chi connectivity index (χ0) is 14.5. The Morgan fingerprint density at radius 2 is 0.952 bits per heavy atom. The summed E-state index contributed by atoms with van der Waals surface area (Å²) in [6, 6.07) is 15.7. The monoisotopic (exact) mass is 309 g/mol. The molecular formula is C14H10KN2O4. The Balaban J connectivity index is 0.00000220. The summed E-state index contributed by atoms with van der Waals surface area (Å²) in [4.78, 5) is 21.1. The van der Waals surface area contributed by atoms with Crippen molar-refractivity contribution >= 4 is 62.8 Å². The van der Waals surface area contributed by atoms with Crippen LogP contribution in [0.3, 0.4) is 0 Å². The molecule has 0 aliphatic heterocycles.